The first-order valence-electron chi connectivity index (χ1n) is 5.72. The summed E-state index contributed by atoms with van der Waals surface area (Å²) in [4.78, 5) is 15.7. The summed E-state index contributed by atoms with van der Waals surface area (Å²) in [5.74, 6) is -0.984. The molecule has 1 aromatic carbocycles. The summed E-state index contributed by atoms with van der Waals surface area (Å²) in [6, 6.07) is 6.35. The third-order valence-electron chi connectivity index (χ3n) is 2.42. The van der Waals surface area contributed by atoms with Gasteiger partial charge >= 0.3 is 6.36 Å². The van der Waals surface area contributed by atoms with Crippen molar-refractivity contribution in [3.8, 4) is 5.75 Å². The van der Waals surface area contributed by atoms with Crippen LogP contribution < -0.4 is 15.8 Å². The maximum absolute atomic E-state index is 12.1. The van der Waals surface area contributed by atoms with E-state index in [0.29, 0.717) is 0 Å². The number of nitrogens with two attached hydrogens (primary N) is 1. The van der Waals surface area contributed by atoms with Gasteiger partial charge in [-0.1, -0.05) is 6.07 Å². The lowest BCUT2D eigenvalue weighted by Crippen LogP contribution is -2.17. The number of nitrogen functional groups attached to an aromatic ring is 1. The minimum Gasteiger partial charge on any atom is -0.406 e. The van der Waals surface area contributed by atoms with Gasteiger partial charge in [-0.15, -0.1) is 13.2 Å². The number of alkyl halides is 3. The lowest BCUT2D eigenvalue weighted by atomic mass is 10.2. The molecule has 0 spiro atoms. The van der Waals surface area contributed by atoms with Crippen molar-refractivity contribution in [2.75, 3.05) is 11.1 Å². The second-order valence-corrected chi connectivity index (χ2v) is 3.99. The van der Waals surface area contributed by atoms with Gasteiger partial charge in [0.25, 0.3) is 5.91 Å². The maximum Gasteiger partial charge on any atom is 0.573 e. The number of hydrogen-bond acceptors (Lipinski definition) is 4. The summed E-state index contributed by atoms with van der Waals surface area (Å²) >= 11 is 0. The van der Waals surface area contributed by atoms with Gasteiger partial charge in [-0.2, -0.15) is 0 Å². The summed E-state index contributed by atoms with van der Waals surface area (Å²) in [5.41, 5.74) is 6.08. The molecule has 1 amide bonds. The van der Waals surface area contributed by atoms with Crippen molar-refractivity contribution in [2.45, 2.75) is 6.36 Å². The Balaban J connectivity index is 2.15. The highest BCUT2D eigenvalue weighted by Crippen LogP contribution is 2.25. The molecule has 0 saturated carbocycles. The van der Waals surface area contributed by atoms with Crippen LogP contribution in [0, 0.1) is 0 Å². The highest BCUT2D eigenvalue weighted by Gasteiger charge is 2.31. The predicted octanol–water partition coefficient (Wildman–Crippen LogP) is 2.81. The lowest BCUT2D eigenvalue weighted by Gasteiger charge is -2.11. The van der Waals surface area contributed by atoms with Gasteiger partial charge < -0.3 is 15.8 Å². The molecule has 21 heavy (non-hydrogen) atoms. The molecule has 5 nitrogen and oxygen atoms in total. The van der Waals surface area contributed by atoms with Crippen LogP contribution in [0.3, 0.4) is 0 Å². The molecule has 1 heterocycles. The van der Waals surface area contributed by atoms with Gasteiger partial charge in [-0.3, -0.25) is 9.78 Å². The molecule has 0 unspecified atom stereocenters. The fourth-order valence-corrected chi connectivity index (χ4v) is 1.58. The number of ether oxygens (including phenoxy) is 1. The predicted molar refractivity (Wildman–Crippen MR) is 69.7 cm³/mol. The van der Waals surface area contributed by atoms with Gasteiger partial charge in [0, 0.05) is 18.0 Å². The van der Waals surface area contributed by atoms with E-state index in [1.165, 1.54) is 30.6 Å². The number of benzene rings is 1. The molecule has 0 aliphatic carbocycles. The Morgan fingerprint density at radius 3 is 2.71 bits per heavy atom. The van der Waals surface area contributed by atoms with Crippen LogP contribution in [0.4, 0.5) is 24.5 Å². The summed E-state index contributed by atoms with van der Waals surface area (Å²) in [5, 5.41) is 2.43. The SMILES string of the molecule is Nc1cnccc1C(=O)Nc1cccc(OC(F)(F)F)c1. The number of aromatic nitrogens is 1. The van der Waals surface area contributed by atoms with Crippen LogP contribution in [0.1, 0.15) is 10.4 Å². The number of hydrogen-bond donors (Lipinski definition) is 2. The smallest absolute Gasteiger partial charge is 0.406 e. The molecule has 8 heteroatoms. The van der Waals surface area contributed by atoms with Crippen molar-refractivity contribution in [2.24, 2.45) is 0 Å². The Morgan fingerprint density at radius 2 is 2.05 bits per heavy atom. The van der Waals surface area contributed by atoms with E-state index < -0.39 is 18.0 Å². The zero-order valence-corrected chi connectivity index (χ0v) is 10.5. The van der Waals surface area contributed by atoms with Crippen molar-refractivity contribution >= 4 is 17.3 Å². The number of pyridine rings is 1. The molecule has 3 N–H and O–H groups in total. The molecule has 0 radical (unpaired) electrons. The minimum absolute atomic E-state index is 0.151. The van der Waals surface area contributed by atoms with E-state index in [0.717, 1.165) is 12.1 Å². The number of amides is 1. The van der Waals surface area contributed by atoms with Crippen LogP contribution in [0.2, 0.25) is 0 Å². The van der Waals surface area contributed by atoms with E-state index in [9.17, 15) is 18.0 Å². The van der Waals surface area contributed by atoms with E-state index in [-0.39, 0.29) is 16.9 Å². The number of nitrogens with zero attached hydrogens (tertiary/aromatic N) is 1. The summed E-state index contributed by atoms with van der Waals surface area (Å²) in [7, 11) is 0. The average Bonchev–Trinajstić information content (AvgIpc) is 2.37. The maximum atomic E-state index is 12.1. The number of halogens is 3. The number of anilines is 2. The minimum atomic E-state index is -4.79. The van der Waals surface area contributed by atoms with Crippen LogP contribution in [0.5, 0.6) is 5.75 Å². The molecule has 2 rings (SSSR count). The first-order valence-corrected chi connectivity index (χ1v) is 5.72. The van der Waals surface area contributed by atoms with Crippen molar-refractivity contribution in [1.82, 2.24) is 4.98 Å². The van der Waals surface area contributed by atoms with Crippen LogP contribution in [-0.2, 0) is 0 Å². The van der Waals surface area contributed by atoms with Crippen molar-refractivity contribution in [3.63, 3.8) is 0 Å². The Labute approximate surface area is 117 Å². The second-order valence-electron chi connectivity index (χ2n) is 3.99. The molecule has 110 valence electrons. The molecule has 0 aliphatic rings. The fourth-order valence-electron chi connectivity index (χ4n) is 1.58. The first kappa shape index (κ1) is 14.6. The number of carbonyl (C=O) groups excluding carboxylic acids is 1. The summed E-state index contributed by atoms with van der Waals surface area (Å²) in [6.07, 6.45) is -2.11. The van der Waals surface area contributed by atoms with Crippen LogP contribution >= 0.6 is 0 Å². The molecular formula is C13H10F3N3O2. The largest absolute Gasteiger partial charge is 0.573 e. The Bertz CT molecular complexity index is 659. The van der Waals surface area contributed by atoms with E-state index in [1.807, 2.05) is 0 Å². The molecule has 2 aromatic rings. The van der Waals surface area contributed by atoms with Gasteiger partial charge in [0.1, 0.15) is 5.75 Å². The number of nitrogens with one attached hydrogen (secondary N) is 1. The normalized spacial score (nSPS) is 11.0. The summed E-state index contributed by atoms with van der Waals surface area (Å²) < 4.78 is 40.1. The molecule has 0 bridgehead atoms. The quantitative estimate of drug-likeness (QED) is 0.913. The fraction of sp³-hybridized carbons (Fsp3) is 0.0769. The summed E-state index contributed by atoms with van der Waals surface area (Å²) in [6.45, 7) is 0. The topological polar surface area (TPSA) is 77.2 Å². The van der Waals surface area contributed by atoms with Crippen molar-refractivity contribution in [3.05, 3.63) is 48.3 Å². The Hall–Kier alpha value is -2.77. The standard InChI is InChI=1S/C13H10F3N3O2/c14-13(15,16)21-9-3-1-2-8(6-9)19-12(20)10-4-5-18-7-11(10)17/h1-7H,17H2,(H,19,20). The molecule has 0 aliphatic heterocycles. The Morgan fingerprint density at radius 1 is 1.29 bits per heavy atom. The average molecular weight is 297 g/mol. The van der Waals surface area contributed by atoms with E-state index in [1.54, 1.807) is 0 Å². The first-order chi connectivity index (χ1) is 9.85. The van der Waals surface area contributed by atoms with Crippen molar-refractivity contribution in [1.29, 1.82) is 0 Å². The van der Waals surface area contributed by atoms with E-state index in [4.69, 9.17) is 5.73 Å². The van der Waals surface area contributed by atoms with Gasteiger partial charge in [0.15, 0.2) is 0 Å². The molecule has 0 atom stereocenters. The lowest BCUT2D eigenvalue weighted by molar-refractivity contribution is -0.274. The number of carbonyl (C=O) groups is 1. The monoisotopic (exact) mass is 297 g/mol. The molecule has 1 aromatic heterocycles. The second kappa shape index (κ2) is 5.70. The highest BCUT2D eigenvalue weighted by molar-refractivity contribution is 6.07. The van der Waals surface area contributed by atoms with Crippen molar-refractivity contribution < 1.29 is 22.7 Å². The van der Waals surface area contributed by atoms with Crippen LogP contribution in [0.25, 0.3) is 0 Å². The number of rotatable bonds is 3. The van der Waals surface area contributed by atoms with E-state index >= 15 is 0 Å². The highest BCUT2D eigenvalue weighted by atomic mass is 19.4. The molecular weight excluding hydrogens is 287 g/mol. The third-order valence-corrected chi connectivity index (χ3v) is 2.42. The van der Waals surface area contributed by atoms with Gasteiger partial charge in [-0.25, -0.2) is 0 Å². The van der Waals surface area contributed by atoms with E-state index in [2.05, 4.69) is 15.0 Å². The zero-order valence-electron chi connectivity index (χ0n) is 10.5. The van der Waals surface area contributed by atoms with Gasteiger partial charge in [-0.05, 0) is 18.2 Å². The Kier molecular flexibility index (Phi) is 3.97. The molecule has 0 saturated heterocycles. The van der Waals surface area contributed by atoms with Crippen LogP contribution in [0.15, 0.2) is 42.7 Å². The van der Waals surface area contributed by atoms with Gasteiger partial charge in [0.05, 0.1) is 17.4 Å². The van der Waals surface area contributed by atoms with Gasteiger partial charge in [0.2, 0.25) is 0 Å². The molecule has 0 fully saturated rings. The zero-order chi connectivity index (χ0) is 15.5. The third kappa shape index (κ3) is 4.10. The van der Waals surface area contributed by atoms with Crippen LogP contribution in [-0.4, -0.2) is 17.3 Å².